The van der Waals surface area contributed by atoms with Gasteiger partial charge in [0.05, 0.1) is 6.54 Å². The van der Waals surface area contributed by atoms with Gasteiger partial charge in [-0.05, 0) is 24.6 Å². The van der Waals surface area contributed by atoms with E-state index < -0.39 is 0 Å². The molecule has 0 aliphatic rings. The molecule has 0 heterocycles. The Bertz CT molecular complexity index is 435. The molecule has 0 unspecified atom stereocenters. The fourth-order valence-corrected chi connectivity index (χ4v) is 1.49. The third-order valence-corrected chi connectivity index (χ3v) is 2.47. The van der Waals surface area contributed by atoms with E-state index in [1.807, 2.05) is 12.1 Å². The van der Waals surface area contributed by atoms with Gasteiger partial charge in [0.25, 0.3) is 0 Å². The van der Waals surface area contributed by atoms with E-state index >= 15 is 0 Å². The zero-order valence-electron chi connectivity index (χ0n) is 9.30. The molecule has 0 fully saturated rings. The molecule has 1 rings (SSSR count). The lowest BCUT2D eigenvalue weighted by molar-refractivity contribution is -0.120. The molecule has 0 radical (unpaired) electrons. The Balaban J connectivity index is 2.34. The van der Waals surface area contributed by atoms with Gasteiger partial charge in [0.2, 0.25) is 5.91 Å². The van der Waals surface area contributed by atoms with Crippen molar-refractivity contribution >= 4 is 29.1 Å². The topological polar surface area (TPSA) is 29.1 Å². The molecular formula is C13H13Cl2NO. The minimum atomic E-state index is -0.0222. The molecule has 0 aromatic heterocycles. The fourth-order valence-electron chi connectivity index (χ4n) is 1.17. The van der Waals surface area contributed by atoms with E-state index in [9.17, 15) is 4.79 Å². The SMILES string of the molecule is O=C(CCCCl)NCC#Cc1cccc(Cl)c1. The summed E-state index contributed by atoms with van der Waals surface area (Å²) in [5.41, 5.74) is 0.840. The maximum atomic E-state index is 11.2. The number of hydrogen-bond donors (Lipinski definition) is 1. The summed E-state index contributed by atoms with van der Waals surface area (Å²) in [6.45, 7) is 0.341. The van der Waals surface area contributed by atoms with Crippen molar-refractivity contribution in [3.05, 3.63) is 34.9 Å². The highest BCUT2D eigenvalue weighted by Gasteiger charge is 1.97. The van der Waals surface area contributed by atoms with Crippen molar-refractivity contribution in [2.75, 3.05) is 12.4 Å². The Kier molecular flexibility index (Phi) is 6.54. The molecular weight excluding hydrogens is 257 g/mol. The number of amides is 1. The van der Waals surface area contributed by atoms with Gasteiger partial charge < -0.3 is 5.32 Å². The number of benzene rings is 1. The Morgan fingerprint density at radius 3 is 2.94 bits per heavy atom. The molecule has 0 bridgehead atoms. The third kappa shape index (κ3) is 6.21. The van der Waals surface area contributed by atoms with Gasteiger partial charge in [-0.1, -0.05) is 29.5 Å². The van der Waals surface area contributed by atoms with Crippen LogP contribution in [0.3, 0.4) is 0 Å². The van der Waals surface area contributed by atoms with Crippen LogP contribution < -0.4 is 5.32 Å². The van der Waals surface area contributed by atoms with Gasteiger partial charge in [-0.25, -0.2) is 0 Å². The van der Waals surface area contributed by atoms with E-state index in [1.54, 1.807) is 12.1 Å². The summed E-state index contributed by atoms with van der Waals surface area (Å²) in [6, 6.07) is 7.28. The zero-order chi connectivity index (χ0) is 12.5. The molecule has 0 saturated heterocycles. The average Bonchev–Trinajstić information content (AvgIpc) is 2.32. The van der Waals surface area contributed by atoms with Crippen LogP contribution in [0.1, 0.15) is 18.4 Å². The highest BCUT2D eigenvalue weighted by Crippen LogP contribution is 2.09. The van der Waals surface area contributed by atoms with Crippen molar-refractivity contribution in [2.45, 2.75) is 12.8 Å². The summed E-state index contributed by atoms with van der Waals surface area (Å²) in [7, 11) is 0. The van der Waals surface area contributed by atoms with Crippen LogP contribution >= 0.6 is 23.2 Å². The molecule has 2 nitrogen and oxygen atoms in total. The molecule has 0 saturated carbocycles. The fraction of sp³-hybridized carbons (Fsp3) is 0.308. The summed E-state index contributed by atoms with van der Waals surface area (Å²) in [5.74, 6) is 6.26. The Morgan fingerprint density at radius 2 is 2.24 bits per heavy atom. The summed E-state index contributed by atoms with van der Waals surface area (Å²) in [5, 5.41) is 3.35. The number of carbonyl (C=O) groups excluding carboxylic acids is 1. The normalized spacial score (nSPS) is 9.29. The first-order chi connectivity index (χ1) is 8.22. The minimum Gasteiger partial charge on any atom is -0.345 e. The van der Waals surface area contributed by atoms with E-state index in [-0.39, 0.29) is 5.91 Å². The van der Waals surface area contributed by atoms with Crippen LogP contribution in [0.25, 0.3) is 0 Å². The second-order valence-corrected chi connectivity index (χ2v) is 4.20. The summed E-state index contributed by atoms with van der Waals surface area (Å²) >= 11 is 11.3. The van der Waals surface area contributed by atoms with Gasteiger partial charge in [-0.15, -0.1) is 11.6 Å². The molecule has 1 N–H and O–H groups in total. The Labute approximate surface area is 111 Å². The predicted octanol–water partition coefficient (Wildman–Crippen LogP) is 2.83. The van der Waals surface area contributed by atoms with Crippen LogP contribution in [0.5, 0.6) is 0 Å². The number of alkyl halides is 1. The number of rotatable bonds is 4. The van der Waals surface area contributed by atoms with Crippen molar-refractivity contribution in [3.63, 3.8) is 0 Å². The lowest BCUT2D eigenvalue weighted by Gasteiger charge is -1.98. The van der Waals surface area contributed by atoms with Crippen LogP contribution in [-0.4, -0.2) is 18.3 Å². The highest BCUT2D eigenvalue weighted by molar-refractivity contribution is 6.30. The molecule has 4 heteroatoms. The first-order valence-corrected chi connectivity index (χ1v) is 6.20. The second kappa shape index (κ2) is 8.00. The van der Waals surface area contributed by atoms with Gasteiger partial charge in [-0.3, -0.25) is 4.79 Å². The Morgan fingerprint density at radius 1 is 1.41 bits per heavy atom. The van der Waals surface area contributed by atoms with Crippen molar-refractivity contribution in [1.29, 1.82) is 0 Å². The van der Waals surface area contributed by atoms with E-state index in [0.717, 1.165) is 5.56 Å². The van der Waals surface area contributed by atoms with Gasteiger partial charge in [0.15, 0.2) is 0 Å². The maximum absolute atomic E-state index is 11.2. The predicted molar refractivity (Wildman–Crippen MR) is 71.3 cm³/mol. The molecule has 0 aliphatic heterocycles. The molecule has 0 spiro atoms. The summed E-state index contributed by atoms with van der Waals surface area (Å²) < 4.78 is 0. The maximum Gasteiger partial charge on any atom is 0.220 e. The zero-order valence-corrected chi connectivity index (χ0v) is 10.8. The molecule has 1 aromatic carbocycles. The monoisotopic (exact) mass is 269 g/mol. The van der Waals surface area contributed by atoms with Crippen LogP contribution in [0.4, 0.5) is 0 Å². The average molecular weight is 270 g/mol. The summed E-state index contributed by atoms with van der Waals surface area (Å²) in [4.78, 5) is 11.2. The second-order valence-electron chi connectivity index (χ2n) is 3.38. The van der Waals surface area contributed by atoms with E-state index in [1.165, 1.54) is 0 Å². The number of halogens is 2. The molecule has 90 valence electrons. The van der Waals surface area contributed by atoms with Crippen LogP contribution in [-0.2, 0) is 4.79 Å². The lowest BCUT2D eigenvalue weighted by Crippen LogP contribution is -2.23. The van der Waals surface area contributed by atoms with Crippen molar-refractivity contribution < 1.29 is 4.79 Å². The van der Waals surface area contributed by atoms with Gasteiger partial charge in [0.1, 0.15) is 0 Å². The molecule has 1 amide bonds. The van der Waals surface area contributed by atoms with Crippen molar-refractivity contribution in [1.82, 2.24) is 5.32 Å². The number of carbonyl (C=O) groups is 1. The van der Waals surface area contributed by atoms with Crippen molar-refractivity contribution in [2.24, 2.45) is 0 Å². The molecule has 0 aliphatic carbocycles. The van der Waals surface area contributed by atoms with Gasteiger partial charge in [-0.2, -0.15) is 0 Å². The van der Waals surface area contributed by atoms with Crippen molar-refractivity contribution in [3.8, 4) is 11.8 Å². The lowest BCUT2D eigenvalue weighted by atomic mass is 10.2. The molecule has 1 aromatic rings. The standard InChI is InChI=1S/C13H13Cl2NO/c14-8-2-7-13(17)16-9-3-5-11-4-1-6-12(15)10-11/h1,4,6,10H,2,7-9H2,(H,16,17). The summed E-state index contributed by atoms with van der Waals surface area (Å²) in [6.07, 6.45) is 1.14. The first kappa shape index (κ1) is 13.9. The Hall–Kier alpha value is -1.17. The largest absolute Gasteiger partial charge is 0.345 e. The third-order valence-electron chi connectivity index (χ3n) is 1.97. The van der Waals surface area contributed by atoms with Crippen LogP contribution in [0.2, 0.25) is 5.02 Å². The number of hydrogen-bond acceptors (Lipinski definition) is 1. The van der Waals surface area contributed by atoms with Crippen LogP contribution in [0, 0.1) is 11.8 Å². The van der Waals surface area contributed by atoms with Gasteiger partial charge >= 0.3 is 0 Å². The number of nitrogens with one attached hydrogen (secondary N) is 1. The quantitative estimate of drug-likeness (QED) is 0.661. The smallest absolute Gasteiger partial charge is 0.220 e. The highest BCUT2D eigenvalue weighted by atomic mass is 35.5. The molecule has 0 atom stereocenters. The van der Waals surface area contributed by atoms with Gasteiger partial charge in [0, 0.05) is 22.9 Å². The minimum absolute atomic E-state index is 0.0222. The molecule has 17 heavy (non-hydrogen) atoms. The first-order valence-electron chi connectivity index (χ1n) is 5.29. The van der Waals surface area contributed by atoms with E-state index in [2.05, 4.69) is 17.2 Å². The van der Waals surface area contributed by atoms with Crippen LogP contribution in [0.15, 0.2) is 24.3 Å². The van der Waals surface area contributed by atoms with E-state index in [0.29, 0.717) is 30.3 Å². The van der Waals surface area contributed by atoms with E-state index in [4.69, 9.17) is 23.2 Å².